The highest BCUT2D eigenvalue weighted by Crippen LogP contribution is 2.33. The first kappa shape index (κ1) is 30.9. The molecule has 11 heteroatoms. The van der Waals surface area contributed by atoms with E-state index in [-0.39, 0.29) is 35.8 Å². The van der Waals surface area contributed by atoms with Gasteiger partial charge in [-0.3, -0.25) is 15.0 Å². The lowest BCUT2D eigenvalue weighted by Gasteiger charge is -2.35. The van der Waals surface area contributed by atoms with E-state index >= 15 is 0 Å². The van der Waals surface area contributed by atoms with Crippen molar-refractivity contribution in [3.05, 3.63) is 83.6 Å². The molecule has 0 saturated carbocycles. The van der Waals surface area contributed by atoms with Crippen LogP contribution < -0.4 is 26.0 Å². The van der Waals surface area contributed by atoms with Crippen LogP contribution >= 0.6 is 0 Å². The second-order valence-corrected chi connectivity index (χ2v) is 10.4. The molecule has 2 aromatic rings. The molecule has 1 unspecified atom stereocenters. The summed E-state index contributed by atoms with van der Waals surface area (Å²) in [6.07, 6.45) is 1.14. The largest absolute Gasteiger partial charge is 0.496 e. The van der Waals surface area contributed by atoms with Crippen LogP contribution in [-0.4, -0.2) is 80.4 Å². The molecule has 0 fully saturated rings. The van der Waals surface area contributed by atoms with E-state index in [9.17, 15) is 14.4 Å². The van der Waals surface area contributed by atoms with Gasteiger partial charge in [0.25, 0.3) is 5.91 Å². The van der Waals surface area contributed by atoms with Gasteiger partial charge < -0.3 is 35.8 Å². The number of ether oxygens (including phenoxy) is 1. The number of hydrogen-bond donors (Lipinski definition) is 5. The number of anilines is 1. The zero-order valence-corrected chi connectivity index (χ0v) is 24.4. The van der Waals surface area contributed by atoms with Crippen molar-refractivity contribution in [2.45, 2.75) is 25.4 Å². The van der Waals surface area contributed by atoms with E-state index in [4.69, 9.17) is 10.1 Å². The first-order valence-corrected chi connectivity index (χ1v) is 13.1. The number of benzene rings is 2. The lowest BCUT2D eigenvalue weighted by atomic mass is 9.99. The molecule has 3 rings (SSSR count). The van der Waals surface area contributed by atoms with Crippen molar-refractivity contribution in [3.8, 4) is 5.75 Å². The van der Waals surface area contributed by atoms with E-state index in [1.165, 1.54) is 19.2 Å². The van der Waals surface area contributed by atoms with Crippen LogP contribution in [0.25, 0.3) is 0 Å². The average Bonchev–Trinajstić information content (AvgIpc) is 3.22. The van der Waals surface area contributed by atoms with Crippen molar-refractivity contribution in [1.29, 1.82) is 5.41 Å². The normalized spacial score (nSPS) is 14.8. The Morgan fingerprint density at radius 1 is 1.17 bits per heavy atom. The summed E-state index contributed by atoms with van der Waals surface area (Å²) in [5, 5.41) is 20.3. The second-order valence-electron chi connectivity index (χ2n) is 10.4. The van der Waals surface area contributed by atoms with Crippen LogP contribution in [0.1, 0.15) is 35.8 Å². The lowest BCUT2D eigenvalue weighted by Crippen LogP contribution is -2.52. The molecule has 1 aliphatic heterocycles. The van der Waals surface area contributed by atoms with Crippen molar-refractivity contribution < 1.29 is 19.1 Å². The summed E-state index contributed by atoms with van der Waals surface area (Å²) in [6.45, 7) is 7.92. The maximum atomic E-state index is 13.6. The summed E-state index contributed by atoms with van der Waals surface area (Å²) in [6, 6.07) is 13.8. The number of methoxy groups -OCH3 is 1. The van der Waals surface area contributed by atoms with Gasteiger partial charge >= 0.3 is 6.03 Å². The maximum Gasteiger partial charge on any atom is 0.318 e. The number of nitrogens with zero attached hydrogens (tertiary/aromatic N) is 2. The minimum absolute atomic E-state index is 0.112. The quantitative estimate of drug-likeness (QED) is 0.172. The molecule has 0 spiro atoms. The molecular formula is C30H39N7O4. The Labute approximate surface area is 241 Å². The summed E-state index contributed by atoms with van der Waals surface area (Å²) in [7, 11) is 7.04. The van der Waals surface area contributed by atoms with E-state index in [1.54, 1.807) is 18.0 Å². The molecule has 4 amide bonds. The minimum Gasteiger partial charge on any atom is -0.496 e. The van der Waals surface area contributed by atoms with Crippen molar-refractivity contribution in [2.75, 3.05) is 46.7 Å². The predicted octanol–water partition coefficient (Wildman–Crippen LogP) is 3.11. The minimum atomic E-state index is -0.784. The summed E-state index contributed by atoms with van der Waals surface area (Å²) in [5.74, 6) is -0.874. The Kier molecular flexibility index (Phi) is 9.90. The van der Waals surface area contributed by atoms with Crippen LogP contribution in [0.2, 0.25) is 0 Å². The van der Waals surface area contributed by atoms with Gasteiger partial charge in [0.2, 0.25) is 5.91 Å². The molecule has 0 radical (unpaired) electrons. The number of likely N-dealkylation sites (N-methyl/N-ethyl adjacent to an activating group) is 2. The van der Waals surface area contributed by atoms with Crippen LogP contribution in [0, 0.1) is 5.41 Å². The van der Waals surface area contributed by atoms with Gasteiger partial charge in [-0.15, -0.1) is 0 Å². The molecule has 0 aliphatic carbocycles. The van der Waals surface area contributed by atoms with Crippen LogP contribution in [0.4, 0.5) is 10.5 Å². The molecule has 2 aromatic carbocycles. The smallest absolute Gasteiger partial charge is 0.318 e. The molecule has 11 nitrogen and oxygen atoms in total. The molecule has 0 bridgehead atoms. The fourth-order valence-electron chi connectivity index (χ4n) is 4.84. The molecule has 1 atom stereocenters. The van der Waals surface area contributed by atoms with Gasteiger partial charge in [-0.1, -0.05) is 36.9 Å². The van der Waals surface area contributed by atoms with Crippen LogP contribution in [0.15, 0.2) is 72.5 Å². The Hall–Kier alpha value is -4.64. The summed E-state index contributed by atoms with van der Waals surface area (Å²) >= 11 is 0. The zero-order valence-electron chi connectivity index (χ0n) is 24.4. The number of carbonyl (C=O) groups excluding carboxylic acids is 3. The maximum absolute atomic E-state index is 13.6. The number of nitrogens with one attached hydrogen (secondary N) is 5. The molecule has 1 aliphatic rings. The third-order valence-corrected chi connectivity index (χ3v) is 6.89. The first-order chi connectivity index (χ1) is 19.4. The Balaban J connectivity index is 1.80. The summed E-state index contributed by atoms with van der Waals surface area (Å²) < 4.78 is 5.36. The monoisotopic (exact) mass is 561 g/mol. The number of hydrogen-bond acceptors (Lipinski definition) is 7. The van der Waals surface area contributed by atoms with Gasteiger partial charge in [0.15, 0.2) is 0 Å². The molecule has 1 heterocycles. The third kappa shape index (κ3) is 7.12. The SMILES string of the molecule is C=CC(=O)Nc1ccc(C(=O)NC(=N)C2=C(NC)C(C)(C)N(C(=O)NC(CN(C)C)c3ccccc3)C2)c(OC)c1. The third-order valence-electron chi connectivity index (χ3n) is 6.89. The van der Waals surface area contributed by atoms with E-state index < -0.39 is 17.4 Å². The van der Waals surface area contributed by atoms with Crippen molar-refractivity contribution in [2.24, 2.45) is 0 Å². The molecule has 218 valence electrons. The van der Waals surface area contributed by atoms with E-state index in [0.717, 1.165) is 11.6 Å². The Bertz CT molecular complexity index is 1350. The summed E-state index contributed by atoms with van der Waals surface area (Å²) in [5.41, 5.74) is 1.95. The first-order valence-electron chi connectivity index (χ1n) is 13.1. The molecule has 41 heavy (non-hydrogen) atoms. The van der Waals surface area contributed by atoms with Gasteiger partial charge in [-0.05, 0) is 51.7 Å². The van der Waals surface area contributed by atoms with E-state index in [0.29, 0.717) is 23.5 Å². The van der Waals surface area contributed by atoms with E-state index in [1.807, 2.05) is 63.2 Å². The van der Waals surface area contributed by atoms with E-state index in [2.05, 4.69) is 27.8 Å². The zero-order chi connectivity index (χ0) is 30.3. The second kappa shape index (κ2) is 13.1. The van der Waals surface area contributed by atoms with Gasteiger partial charge in [0.1, 0.15) is 11.6 Å². The van der Waals surface area contributed by atoms with Crippen molar-refractivity contribution in [3.63, 3.8) is 0 Å². The number of carbonyl (C=O) groups is 3. The highest BCUT2D eigenvalue weighted by molar-refractivity contribution is 6.13. The van der Waals surface area contributed by atoms with Crippen molar-refractivity contribution in [1.82, 2.24) is 25.8 Å². The fraction of sp³-hybridized carbons (Fsp3) is 0.333. The Morgan fingerprint density at radius 2 is 1.85 bits per heavy atom. The Morgan fingerprint density at radius 3 is 2.44 bits per heavy atom. The van der Waals surface area contributed by atoms with Crippen LogP contribution in [0.5, 0.6) is 5.75 Å². The topological polar surface area (TPSA) is 139 Å². The number of rotatable bonds is 10. The highest BCUT2D eigenvalue weighted by Gasteiger charge is 2.44. The van der Waals surface area contributed by atoms with Crippen molar-refractivity contribution >= 4 is 29.4 Å². The molecular weight excluding hydrogens is 522 g/mol. The van der Waals surface area contributed by atoms with Gasteiger partial charge in [-0.2, -0.15) is 0 Å². The van der Waals surface area contributed by atoms with Crippen LogP contribution in [0.3, 0.4) is 0 Å². The van der Waals surface area contributed by atoms with Gasteiger partial charge in [0, 0.05) is 36.6 Å². The summed E-state index contributed by atoms with van der Waals surface area (Å²) in [4.78, 5) is 42.1. The van der Waals surface area contributed by atoms with Gasteiger partial charge in [-0.25, -0.2) is 4.79 Å². The average molecular weight is 562 g/mol. The molecule has 0 aromatic heterocycles. The van der Waals surface area contributed by atoms with Gasteiger partial charge in [0.05, 0.1) is 30.8 Å². The highest BCUT2D eigenvalue weighted by atomic mass is 16.5. The number of amidine groups is 1. The van der Waals surface area contributed by atoms with Crippen LogP contribution in [-0.2, 0) is 4.79 Å². The fourth-order valence-corrected chi connectivity index (χ4v) is 4.84. The number of urea groups is 1. The standard InChI is InChI=1S/C30H39N7O4/c1-8-25(38)33-20-14-15-21(24(16-20)41-7)28(39)35-27(31)22-17-37(30(2,3)26(22)32-4)29(40)34-23(18-36(5)6)19-12-10-9-11-13-19/h8-16,23,32H,1,17-18H2,2-7H3,(H,33,38)(H,34,40)(H2,31,35,39). The molecule has 5 N–H and O–H groups in total. The predicted molar refractivity (Wildman–Crippen MR) is 160 cm³/mol. The number of amides is 4. The molecule has 0 saturated heterocycles. The lowest BCUT2D eigenvalue weighted by molar-refractivity contribution is -0.111.